The fraction of sp³-hybridized carbons (Fsp3) is 0.0909. The molecule has 14 heteroatoms. The summed E-state index contributed by atoms with van der Waals surface area (Å²) >= 11 is 5.99. The molecule has 3 N–H and O–H groups in total. The van der Waals surface area contributed by atoms with Crippen molar-refractivity contribution in [2.24, 2.45) is 0 Å². The zero-order valence-corrected chi connectivity index (χ0v) is 18.6. The second kappa shape index (κ2) is 9.00. The van der Waals surface area contributed by atoms with E-state index in [-0.39, 0.29) is 16.4 Å². The van der Waals surface area contributed by atoms with Crippen LogP contribution in [0.2, 0.25) is 5.02 Å². The van der Waals surface area contributed by atoms with Gasteiger partial charge in [-0.3, -0.25) is 4.79 Å². The minimum Gasteiger partial charge on any atom is -0.508 e. The molecule has 2 aromatic carbocycles. The number of carboxylic acids is 1. The number of aromatic nitrogens is 3. The summed E-state index contributed by atoms with van der Waals surface area (Å²) in [5.74, 6) is -4.66. The zero-order chi connectivity index (χ0) is 26.4. The number of hydrogen-bond acceptors (Lipinski definition) is 6. The summed E-state index contributed by atoms with van der Waals surface area (Å²) in [5, 5.41) is 28.9. The summed E-state index contributed by atoms with van der Waals surface area (Å²) in [4.78, 5) is 23.6. The lowest BCUT2D eigenvalue weighted by molar-refractivity contribution is -0.142. The number of aromatic carboxylic acids is 1. The Kier molecular flexibility index (Phi) is 6.18. The summed E-state index contributed by atoms with van der Waals surface area (Å²) in [6.45, 7) is 1.12. The molecule has 0 radical (unpaired) electrons. The Labute approximate surface area is 203 Å². The highest BCUT2D eigenvalue weighted by atomic mass is 35.5. The van der Waals surface area contributed by atoms with Crippen LogP contribution in [-0.4, -0.2) is 37.0 Å². The Morgan fingerprint density at radius 2 is 1.92 bits per heavy atom. The fourth-order valence-corrected chi connectivity index (χ4v) is 3.78. The van der Waals surface area contributed by atoms with Gasteiger partial charge in [0.05, 0.1) is 33.7 Å². The molecule has 36 heavy (non-hydrogen) atoms. The molecule has 0 unspecified atom stereocenters. The van der Waals surface area contributed by atoms with Crippen LogP contribution >= 0.6 is 11.6 Å². The Morgan fingerprint density at radius 3 is 2.53 bits per heavy atom. The number of benzene rings is 2. The number of anilines is 1. The van der Waals surface area contributed by atoms with Gasteiger partial charge in [0.25, 0.3) is 0 Å². The minimum atomic E-state index is -5.15. The Morgan fingerprint density at radius 1 is 1.19 bits per heavy atom. The van der Waals surface area contributed by atoms with Gasteiger partial charge < -0.3 is 20.1 Å². The lowest BCUT2D eigenvalue weighted by Crippen LogP contribution is -2.17. The van der Waals surface area contributed by atoms with Crippen molar-refractivity contribution in [3.63, 3.8) is 0 Å². The average molecular weight is 525 g/mol. The van der Waals surface area contributed by atoms with Crippen molar-refractivity contribution < 1.29 is 41.9 Å². The number of aromatic hydroxyl groups is 1. The van der Waals surface area contributed by atoms with Gasteiger partial charge in [0, 0.05) is 13.0 Å². The molecule has 0 aliphatic heterocycles. The van der Waals surface area contributed by atoms with Crippen molar-refractivity contribution >= 4 is 29.2 Å². The highest BCUT2D eigenvalue weighted by molar-refractivity contribution is 6.33. The number of nitrogens with zero attached hydrogens (tertiary/aromatic N) is 3. The van der Waals surface area contributed by atoms with E-state index in [9.17, 15) is 37.4 Å². The van der Waals surface area contributed by atoms with E-state index in [0.717, 1.165) is 31.2 Å². The van der Waals surface area contributed by atoms with Crippen molar-refractivity contribution in [2.75, 3.05) is 5.32 Å². The maximum absolute atomic E-state index is 14.5. The number of alkyl halides is 3. The second-order valence-corrected chi connectivity index (χ2v) is 7.74. The standard InChI is InChI=1S/C22H13ClF4N4O5/c1-9(32)29-14-6-5-10(33)7-15(14)31-20(22(25,26)27)11(8-28-31)19-17(21(34)35)18(30-36-19)16-12(23)3-2-4-13(16)24/h2-8,33H,1H3,(H,29,32)(H,34,35). The van der Waals surface area contributed by atoms with E-state index < -0.39 is 63.5 Å². The maximum Gasteiger partial charge on any atom is 0.434 e. The quantitative estimate of drug-likeness (QED) is 0.236. The van der Waals surface area contributed by atoms with Crippen molar-refractivity contribution in [1.29, 1.82) is 0 Å². The first kappa shape index (κ1) is 24.7. The van der Waals surface area contributed by atoms with E-state index >= 15 is 0 Å². The Bertz CT molecular complexity index is 1490. The van der Waals surface area contributed by atoms with Crippen LogP contribution in [0.15, 0.2) is 47.1 Å². The van der Waals surface area contributed by atoms with Crippen LogP contribution in [0, 0.1) is 5.82 Å². The van der Waals surface area contributed by atoms with Gasteiger partial charge >= 0.3 is 12.1 Å². The largest absolute Gasteiger partial charge is 0.508 e. The molecule has 4 aromatic rings. The number of carbonyl (C=O) groups excluding carboxylic acids is 1. The van der Waals surface area contributed by atoms with E-state index in [4.69, 9.17) is 16.1 Å². The normalized spacial score (nSPS) is 11.5. The summed E-state index contributed by atoms with van der Waals surface area (Å²) in [5.41, 5.74) is -4.85. The molecule has 0 aliphatic carbocycles. The minimum absolute atomic E-state index is 0.129. The number of hydrogen-bond donors (Lipinski definition) is 3. The molecule has 4 rings (SSSR count). The second-order valence-electron chi connectivity index (χ2n) is 7.34. The first-order valence-corrected chi connectivity index (χ1v) is 10.2. The van der Waals surface area contributed by atoms with Gasteiger partial charge in [-0.1, -0.05) is 22.8 Å². The van der Waals surface area contributed by atoms with E-state index in [1.165, 1.54) is 12.1 Å². The lowest BCUT2D eigenvalue weighted by Gasteiger charge is -2.15. The third-order valence-electron chi connectivity index (χ3n) is 4.91. The topological polar surface area (TPSA) is 130 Å². The first-order chi connectivity index (χ1) is 16.9. The van der Waals surface area contributed by atoms with E-state index in [1.807, 2.05) is 0 Å². The lowest BCUT2D eigenvalue weighted by atomic mass is 10.0. The number of rotatable bonds is 5. The SMILES string of the molecule is CC(=O)Nc1ccc(O)cc1-n1ncc(-c2onc(-c3c(F)cccc3Cl)c2C(=O)O)c1C(F)(F)F. The first-order valence-electron chi connectivity index (χ1n) is 9.84. The monoisotopic (exact) mass is 524 g/mol. The van der Waals surface area contributed by atoms with Crippen LogP contribution in [0.5, 0.6) is 5.75 Å². The molecule has 0 fully saturated rings. The van der Waals surface area contributed by atoms with Crippen LogP contribution in [0.4, 0.5) is 23.2 Å². The molecule has 0 saturated heterocycles. The molecule has 0 aliphatic rings. The van der Waals surface area contributed by atoms with Gasteiger partial charge in [0.1, 0.15) is 22.8 Å². The highest BCUT2D eigenvalue weighted by Crippen LogP contribution is 2.43. The molecular formula is C22H13ClF4N4O5. The predicted molar refractivity (Wildman–Crippen MR) is 117 cm³/mol. The van der Waals surface area contributed by atoms with E-state index in [0.29, 0.717) is 10.9 Å². The third-order valence-corrected chi connectivity index (χ3v) is 5.22. The van der Waals surface area contributed by atoms with Crippen molar-refractivity contribution in [3.8, 4) is 34.0 Å². The van der Waals surface area contributed by atoms with Crippen molar-refractivity contribution in [3.05, 3.63) is 64.7 Å². The number of nitrogens with one attached hydrogen (secondary N) is 1. The maximum atomic E-state index is 14.5. The summed E-state index contributed by atoms with van der Waals surface area (Å²) in [6, 6.07) is 6.66. The molecule has 1 amide bonds. The molecular weight excluding hydrogens is 512 g/mol. The molecule has 0 saturated carbocycles. The molecule has 2 aromatic heterocycles. The molecule has 0 spiro atoms. The Hall–Kier alpha value is -4.39. The number of phenols is 1. The molecule has 186 valence electrons. The highest BCUT2D eigenvalue weighted by Gasteiger charge is 2.42. The van der Waals surface area contributed by atoms with Crippen LogP contribution in [0.3, 0.4) is 0 Å². The number of halogens is 5. The van der Waals surface area contributed by atoms with Gasteiger partial charge in [0.2, 0.25) is 5.91 Å². The van der Waals surface area contributed by atoms with Gasteiger partial charge in [-0.25, -0.2) is 13.9 Å². The van der Waals surface area contributed by atoms with Crippen LogP contribution < -0.4 is 5.32 Å². The summed E-state index contributed by atoms with van der Waals surface area (Å²) in [6.07, 6.45) is -4.48. The average Bonchev–Trinajstić information content (AvgIpc) is 3.39. The van der Waals surface area contributed by atoms with Gasteiger partial charge in [0.15, 0.2) is 11.5 Å². The summed E-state index contributed by atoms with van der Waals surface area (Å²) < 4.78 is 62.7. The zero-order valence-electron chi connectivity index (χ0n) is 17.9. The predicted octanol–water partition coefficient (Wildman–Crippen LogP) is 5.37. The number of carbonyl (C=O) groups is 2. The van der Waals surface area contributed by atoms with Crippen LogP contribution in [0.25, 0.3) is 28.3 Å². The van der Waals surface area contributed by atoms with Gasteiger partial charge in [-0.05, 0) is 24.3 Å². The molecule has 9 nitrogen and oxygen atoms in total. The fourth-order valence-electron chi connectivity index (χ4n) is 3.53. The van der Waals surface area contributed by atoms with Gasteiger partial charge in [-0.15, -0.1) is 0 Å². The number of amides is 1. The summed E-state index contributed by atoms with van der Waals surface area (Å²) in [7, 11) is 0. The number of phenolic OH excluding ortho intramolecular Hbond substituents is 1. The van der Waals surface area contributed by atoms with Crippen molar-refractivity contribution in [2.45, 2.75) is 13.1 Å². The third kappa shape index (κ3) is 4.35. The van der Waals surface area contributed by atoms with Gasteiger partial charge in [-0.2, -0.15) is 18.3 Å². The Balaban J connectivity index is 2.01. The van der Waals surface area contributed by atoms with E-state index in [2.05, 4.69) is 15.6 Å². The molecule has 0 bridgehead atoms. The van der Waals surface area contributed by atoms with Crippen molar-refractivity contribution in [1.82, 2.24) is 14.9 Å². The number of carboxylic acid groups (broad SMARTS) is 1. The van der Waals surface area contributed by atoms with E-state index in [1.54, 1.807) is 0 Å². The molecule has 2 heterocycles. The van der Waals surface area contributed by atoms with Crippen LogP contribution in [0.1, 0.15) is 23.0 Å². The molecule has 0 atom stereocenters. The van der Waals surface area contributed by atoms with Crippen LogP contribution in [-0.2, 0) is 11.0 Å². The smallest absolute Gasteiger partial charge is 0.434 e.